The second kappa shape index (κ2) is 6.67. The van der Waals surface area contributed by atoms with E-state index in [0.717, 1.165) is 25.0 Å². The summed E-state index contributed by atoms with van der Waals surface area (Å²) in [6.45, 7) is 1.31. The van der Waals surface area contributed by atoms with E-state index in [1.807, 2.05) is 12.2 Å². The number of nitrogens with two attached hydrogens (primary N) is 1. The highest BCUT2D eigenvalue weighted by Crippen LogP contribution is 2.32. The second-order valence-corrected chi connectivity index (χ2v) is 6.09. The fourth-order valence-corrected chi connectivity index (χ4v) is 2.72. The normalized spacial score (nSPS) is 19.8. The first-order chi connectivity index (χ1) is 11.1. The summed E-state index contributed by atoms with van der Waals surface area (Å²) in [6, 6.07) is 4.26. The van der Waals surface area contributed by atoms with Crippen molar-refractivity contribution in [2.75, 3.05) is 0 Å². The lowest BCUT2D eigenvalue weighted by molar-refractivity contribution is -0.138. The Labute approximate surface area is 137 Å². The molecule has 2 unspecified atom stereocenters. The molecule has 3 N–H and O–H groups in total. The Morgan fingerprint density at radius 3 is 2.50 bits per heavy atom. The molecule has 0 saturated carbocycles. The average Bonchev–Trinajstić information content (AvgIpc) is 2.98. The molecule has 0 fully saturated rings. The monoisotopic (exact) mass is 340 g/mol. The molecule has 4 nitrogen and oxygen atoms in total. The molecular formula is C17H19F3N2O2. The van der Waals surface area contributed by atoms with Gasteiger partial charge in [0.15, 0.2) is 0 Å². The van der Waals surface area contributed by atoms with Gasteiger partial charge in [-0.05, 0) is 43.4 Å². The van der Waals surface area contributed by atoms with Crippen LogP contribution in [0.5, 0.6) is 0 Å². The predicted molar refractivity (Wildman–Crippen MR) is 82.6 cm³/mol. The molecular weight excluding hydrogens is 321 g/mol. The van der Waals surface area contributed by atoms with Gasteiger partial charge in [-0.15, -0.1) is 0 Å². The zero-order valence-corrected chi connectivity index (χ0v) is 13.2. The minimum Gasteiger partial charge on any atom is -0.367 e. The SMILES string of the molecule is CC(NC(=O)CC1C=CCC1)(C(N)=O)c1cccc(C(F)(F)F)c1. The van der Waals surface area contributed by atoms with Gasteiger partial charge < -0.3 is 11.1 Å². The molecule has 24 heavy (non-hydrogen) atoms. The van der Waals surface area contributed by atoms with Crippen molar-refractivity contribution in [3.8, 4) is 0 Å². The van der Waals surface area contributed by atoms with Crippen molar-refractivity contribution in [3.05, 3.63) is 47.5 Å². The zero-order valence-electron chi connectivity index (χ0n) is 13.2. The number of hydrogen-bond donors (Lipinski definition) is 2. The first-order valence-electron chi connectivity index (χ1n) is 7.58. The van der Waals surface area contributed by atoms with Crippen molar-refractivity contribution in [3.63, 3.8) is 0 Å². The van der Waals surface area contributed by atoms with Crippen LogP contribution in [0.1, 0.15) is 37.3 Å². The van der Waals surface area contributed by atoms with Crippen LogP contribution in [0.4, 0.5) is 13.2 Å². The van der Waals surface area contributed by atoms with Gasteiger partial charge in [0.1, 0.15) is 5.54 Å². The van der Waals surface area contributed by atoms with Crippen molar-refractivity contribution in [2.45, 2.75) is 37.9 Å². The Hall–Kier alpha value is -2.31. The highest BCUT2D eigenvalue weighted by molar-refractivity contribution is 5.91. The molecule has 0 heterocycles. The molecule has 0 radical (unpaired) electrons. The van der Waals surface area contributed by atoms with E-state index in [2.05, 4.69) is 5.32 Å². The maximum atomic E-state index is 12.9. The third-order valence-electron chi connectivity index (χ3n) is 4.21. The molecule has 0 bridgehead atoms. The second-order valence-electron chi connectivity index (χ2n) is 6.09. The van der Waals surface area contributed by atoms with E-state index in [4.69, 9.17) is 5.73 Å². The van der Waals surface area contributed by atoms with E-state index in [0.29, 0.717) is 0 Å². The third kappa shape index (κ3) is 3.96. The minimum absolute atomic E-state index is 0.000129. The van der Waals surface area contributed by atoms with Gasteiger partial charge in [0, 0.05) is 6.42 Å². The smallest absolute Gasteiger partial charge is 0.367 e. The van der Waals surface area contributed by atoms with Gasteiger partial charge >= 0.3 is 6.18 Å². The van der Waals surface area contributed by atoms with Crippen LogP contribution in [0.2, 0.25) is 0 Å². The van der Waals surface area contributed by atoms with E-state index in [9.17, 15) is 22.8 Å². The summed E-state index contributed by atoms with van der Waals surface area (Å²) in [5.74, 6) is -1.27. The number of allylic oxidation sites excluding steroid dienone is 2. The summed E-state index contributed by atoms with van der Waals surface area (Å²) in [4.78, 5) is 24.1. The van der Waals surface area contributed by atoms with E-state index < -0.39 is 29.1 Å². The number of rotatable bonds is 5. The molecule has 7 heteroatoms. The van der Waals surface area contributed by atoms with Gasteiger partial charge in [-0.1, -0.05) is 24.3 Å². The van der Waals surface area contributed by atoms with Crippen LogP contribution in [-0.4, -0.2) is 11.8 Å². The number of halogens is 3. The fourth-order valence-electron chi connectivity index (χ4n) is 2.72. The number of nitrogens with one attached hydrogen (secondary N) is 1. The van der Waals surface area contributed by atoms with Crippen LogP contribution in [-0.2, 0) is 21.3 Å². The highest BCUT2D eigenvalue weighted by Gasteiger charge is 2.38. The molecule has 130 valence electrons. The van der Waals surface area contributed by atoms with Gasteiger partial charge in [-0.3, -0.25) is 9.59 Å². The quantitative estimate of drug-likeness (QED) is 0.809. The lowest BCUT2D eigenvalue weighted by atomic mass is 9.89. The van der Waals surface area contributed by atoms with Crippen LogP contribution >= 0.6 is 0 Å². The van der Waals surface area contributed by atoms with Crippen molar-refractivity contribution < 1.29 is 22.8 Å². The Morgan fingerprint density at radius 1 is 1.29 bits per heavy atom. The molecule has 0 aromatic heterocycles. The lowest BCUT2D eigenvalue weighted by Gasteiger charge is -2.29. The van der Waals surface area contributed by atoms with Crippen molar-refractivity contribution in [1.29, 1.82) is 0 Å². The zero-order chi connectivity index (χ0) is 18.0. The van der Waals surface area contributed by atoms with E-state index in [1.165, 1.54) is 19.1 Å². The van der Waals surface area contributed by atoms with Crippen molar-refractivity contribution >= 4 is 11.8 Å². The van der Waals surface area contributed by atoms with Gasteiger partial charge in [-0.25, -0.2) is 0 Å². The maximum Gasteiger partial charge on any atom is 0.416 e. The van der Waals surface area contributed by atoms with Crippen molar-refractivity contribution in [2.24, 2.45) is 11.7 Å². The molecule has 1 aliphatic rings. The molecule has 2 atom stereocenters. The van der Waals surface area contributed by atoms with E-state index >= 15 is 0 Å². The van der Waals surface area contributed by atoms with Crippen molar-refractivity contribution in [1.82, 2.24) is 5.32 Å². The van der Waals surface area contributed by atoms with Gasteiger partial charge in [-0.2, -0.15) is 13.2 Å². The number of benzene rings is 1. The Bertz CT molecular complexity index is 670. The predicted octanol–water partition coefficient (Wildman–Crippen LogP) is 2.88. The molecule has 0 saturated heterocycles. The lowest BCUT2D eigenvalue weighted by Crippen LogP contribution is -2.53. The van der Waals surface area contributed by atoms with Crippen LogP contribution in [0.15, 0.2) is 36.4 Å². The van der Waals surface area contributed by atoms with Crippen LogP contribution in [0.3, 0.4) is 0 Å². The Morgan fingerprint density at radius 2 is 1.96 bits per heavy atom. The number of alkyl halides is 3. The fraction of sp³-hybridized carbons (Fsp3) is 0.412. The third-order valence-corrected chi connectivity index (χ3v) is 4.21. The molecule has 0 spiro atoms. The Balaban J connectivity index is 2.25. The number of carbonyl (C=O) groups is 2. The maximum absolute atomic E-state index is 12.9. The Kier molecular flexibility index (Phi) is 5.01. The molecule has 0 aliphatic heterocycles. The summed E-state index contributed by atoms with van der Waals surface area (Å²) < 4.78 is 38.6. The van der Waals surface area contributed by atoms with E-state index in [-0.39, 0.29) is 17.9 Å². The highest BCUT2D eigenvalue weighted by atomic mass is 19.4. The van der Waals surface area contributed by atoms with Gasteiger partial charge in [0.05, 0.1) is 5.56 Å². The number of carbonyl (C=O) groups excluding carboxylic acids is 2. The summed E-state index contributed by atoms with van der Waals surface area (Å²) in [7, 11) is 0. The molecule has 1 aromatic rings. The standard InChI is InChI=1S/C17H19F3N2O2/c1-16(15(21)24,22-14(23)9-11-5-2-3-6-11)12-7-4-8-13(10-12)17(18,19)20/h2,4-5,7-8,10-11H,3,6,9H2,1H3,(H2,21,24)(H,22,23). The molecule has 1 aliphatic carbocycles. The van der Waals surface area contributed by atoms with Crippen LogP contribution in [0.25, 0.3) is 0 Å². The minimum atomic E-state index is -4.55. The number of primary amides is 1. The summed E-state index contributed by atoms with van der Waals surface area (Å²) in [5.41, 5.74) is 2.76. The first-order valence-corrected chi connectivity index (χ1v) is 7.58. The van der Waals surface area contributed by atoms with E-state index in [1.54, 1.807) is 0 Å². The van der Waals surface area contributed by atoms with Crippen LogP contribution < -0.4 is 11.1 Å². The first kappa shape index (κ1) is 18.0. The topological polar surface area (TPSA) is 72.2 Å². The van der Waals surface area contributed by atoms with Gasteiger partial charge in [0.2, 0.25) is 11.8 Å². The number of hydrogen-bond acceptors (Lipinski definition) is 2. The number of amides is 2. The summed E-state index contributed by atoms with van der Waals surface area (Å²) >= 11 is 0. The molecule has 2 amide bonds. The van der Waals surface area contributed by atoms with Crippen LogP contribution in [0, 0.1) is 5.92 Å². The average molecular weight is 340 g/mol. The molecule has 2 rings (SSSR count). The molecule has 1 aromatic carbocycles. The van der Waals surface area contributed by atoms with Gasteiger partial charge in [0.25, 0.3) is 0 Å². The largest absolute Gasteiger partial charge is 0.416 e. The summed E-state index contributed by atoms with van der Waals surface area (Å²) in [6.07, 6.45) is 1.23. The summed E-state index contributed by atoms with van der Waals surface area (Å²) in [5, 5.41) is 2.50.